The van der Waals surface area contributed by atoms with Crippen molar-refractivity contribution in [2.75, 3.05) is 19.6 Å². The van der Waals surface area contributed by atoms with Crippen molar-refractivity contribution in [2.45, 2.75) is 51.0 Å². The summed E-state index contributed by atoms with van der Waals surface area (Å²) in [6, 6.07) is 4.45. The van der Waals surface area contributed by atoms with Crippen LogP contribution in [0.4, 0.5) is 0 Å². The Hall–Kier alpha value is -1.95. The van der Waals surface area contributed by atoms with Crippen LogP contribution in [0.15, 0.2) is 24.7 Å². The van der Waals surface area contributed by atoms with E-state index in [2.05, 4.69) is 20.4 Å². The molecule has 1 saturated carbocycles. The molecule has 1 amide bonds. The van der Waals surface area contributed by atoms with Gasteiger partial charge in [0, 0.05) is 25.3 Å². The van der Waals surface area contributed by atoms with E-state index < -0.39 is 0 Å². The van der Waals surface area contributed by atoms with Crippen LogP contribution in [-0.4, -0.2) is 51.1 Å². The maximum absolute atomic E-state index is 12.6. The molecule has 1 aliphatic carbocycles. The number of amides is 1. The number of nitrogens with zero attached hydrogens (tertiary/aromatic N) is 4. The van der Waals surface area contributed by atoms with E-state index in [9.17, 15) is 4.79 Å². The second kappa shape index (κ2) is 7.52. The SMILES string of the molecule is O=C(NC[C@H]1CCCN(C2CCCCC2)C1)c1cccn2cnnc12. The Morgan fingerprint density at radius 2 is 2.08 bits per heavy atom. The zero-order valence-corrected chi connectivity index (χ0v) is 14.7. The molecule has 2 fully saturated rings. The summed E-state index contributed by atoms with van der Waals surface area (Å²) in [7, 11) is 0. The number of piperidine rings is 1. The Kier molecular flexibility index (Phi) is 4.97. The van der Waals surface area contributed by atoms with Crippen LogP contribution in [0.25, 0.3) is 5.65 Å². The Morgan fingerprint density at radius 1 is 1.20 bits per heavy atom. The number of carbonyl (C=O) groups excluding carboxylic acids is 1. The molecule has 0 spiro atoms. The summed E-state index contributed by atoms with van der Waals surface area (Å²) in [5, 5.41) is 11.1. The highest BCUT2D eigenvalue weighted by Gasteiger charge is 2.27. The molecule has 2 aromatic rings. The highest BCUT2D eigenvalue weighted by atomic mass is 16.1. The van der Waals surface area contributed by atoms with E-state index in [1.807, 2.05) is 18.3 Å². The molecule has 0 bridgehead atoms. The van der Waals surface area contributed by atoms with Crippen molar-refractivity contribution in [3.8, 4) is 0 Å². The third-order valence-electron chi connectivity index (χ3n) is 5.76. The van der Waals surface area contributed by atoms with Gasteiger partial charge in [-0.05, 0) is 50.3 Å². The van der Waals surface area contributed by atoms with Crippen LogP contribution in [0.5, 0.6) is 0 Å². The number of rotatable bonds is 4. The van der Waals surface area contributed by atoms with Crippen molar-refractivity contribution in [3.63, 3.8) is 0 Å². The van der Waals surface area contributed by atoms with E-state index in [1.165, 1.54) is 51.5 Å². The van der Waals surface area contributed by atoms with Gasteiger partial charge in [-0.3, -0.25) is 9.20 Å². The molecule has 1 saturated heterocycles. The van der Waals surface area contributed by atoms with Gasteiger partial charge in [-0.25, -0.2) is 0 Å². The predicted molar refractivity (Wildman–Crippen MR) is 96.5 cm³/mol. The topological polar surface area (TPSA) is 62.5 Å². The van der Waals surface area contributed by atoms with Crippen molar-refractivity contribution < 1.29 is 4.79 Å². The quantitative estimate of drug-likeness (QED) is 0.928. The van der Waals surface area contributed by atoms with Gasteiger partial charge in [0.05, 0.1) is 5.56 Å². The van der Waals surface area contributed by atoms with Gasteiger partial charge < -0.3 is 10.2 Å². The second-order valence-corrected chi connectivity index (χ2v) is 7.49. The Morgan fingerprint density at radius 3 is 2.96 bits per heavy atom. The van der Waals surface area contributed by atoms with E-state index >= 15 is 0 Å². The lowest BCUT2D eigenvalue weighted by atomic mass is 9.90. The zero-order valence-electron chi connectivity index (χ0n) is 14.7. The fourth-order valence-electron chi connectivity index (χ4n) is 4.40. The molecule has 0 radical (unpaired) electrons. The van der Waals surface area contributed by atoms with E-state index in [-0.39, 0.29) is 5.91 Å². The maximum atomic E-state index is 12.6. The first-order valence-electron chi connectivity index (χ1n) is 9.62. The number of fused-ring (bicyclic) bond motifs is 1. The third-order valence-corrected chi connectivity index (χ3v) is 5.76. The van der Waals surface area contributed by atoms with Gasteiger partial charge in [0.1, 0.15) is 6.33 Å². The summed E-state index contributed by atoms with van der Waals surface area (Å²) in [6.45, 7) is 3.10. The molecule has 25 heavy (non-hydrogen) atoms. The largest absolute Gasteiger partial charge is 0.352 e. The highest BCUT2D eigenvalue weighted by Crippen LogP contribution is 2.27. The normalized spacial score (nSPS) is 23.0. The van der Waals surface area contributed by atoms with Gasteiger partial charge in [-0.15, -0.1) is 10.2 Å². The first kappa shape index (κ1) is 16.5. The van der Waals surface area contributed by atoms with Crippen molar-refractivity contribution >= 4 is 11.6 Å². The second-order valence-electron chi connectivity index (χ2n) is 7.49. The van der Waals surface area contributed by atoms with E-state index in [1.54, 1.807) is 10.7 Å². The number of likely N-dealkylation sites (tertiary alicyclic amines) is 1. The van der Waals surface area contributed by atoms with Crippen molar-refractivity contribution in [3.05, 3.63) is 30.2 Å². The lowest BCUT2D eigenvalue weighted by Gasteiger charge is -2.40. The summed E-state index contributed by atoms with van der Waals surface area (Å²) in [5.74, 6) is 0.505. The Bertz CT molecular complexity index is 721. The van der Waals surface area contributed by atoms with Crippen LogP contribution in [0.1, 0.15) is 55.3 Å². The average Bonchev–Trinajstić information content (AvgIpc) is 3.16. The monoisotopic (exact) mass is 341 g/mol. The van der Waals surface area contributed by atoms with Gasteiger partial charge >= 0.3 is 0 Å². The first-order chi connectivity index (χ1) is 12.3. The molecular formula is C19H27N5O. The van der Waals surface area contributed by atoms with Crippen LogP contribution < -0.4 is 5.32 Å². The predicted octanol–water partition coefficient (Wildman–Crippen LogP) is 2.50. The number of aromatic nitrogens is 3. The van der Waals surface area contributed by atoms with Crippen LogP contribution in [0.2, 0.25) is 0 Å². The van der Waals surface area contributed by atoms with Crippen molar-refractivity contribution in [1.82, 2.24) is 24.8 Å². The van der Waals surface area contributed by atoms with Gasteiger partial charge in [0.2, 0.25) is 0 Å². The van der Waals surface area contributed by atoms with E-state index in [4.69, 9.17) is 0 Å². The zero-order chi connectivity index (χ0) is 17.1. The number of nitrogens with one attached hydrogen (secondary N) is 1. The summed E-state index contributed by atoms with van der Waals surface area (Å²) in [4.78, 5) is 15.3. The molecule has 3 heterocycles. The Labute approximate surface area is 148 Å². The number of hydrogen-bond donors (Lipinski definition) is 1. The van der Waals surface area contributed by atoms with Crippen LogP contribution in [-0.2, 0) is 0 Å². The molecule has 1 atom stereocenters. The average molecular weight is 341 g/mol. The minimum atomic E-state index is -0.0478. The molecule has 6 nitrogen and oxygen atoms in total. The number of hydrogen-bond acceptors (Lipinski definition) is 4. The summed E-state index contributed by atoms with van der Waals surface area (Å²) >= 11 is 0. The van der Waals surface area contributed by atoms with Crippen LogP contribution >= 0.6 is 0 Å². The third kappa shape index (κ3) is 3.68. The van der Waals surface area contributed by atoms with Crippen LogP contribution in [0, 0.1) is 5.92 Å². The summed E-state index contributed by atoms with van der Waals surface area (Å²) in [5.41, 5.74) is 1.22. The molecule has 6 heteroatoms. The summed E-state index contributed by atoms with van der Waals surface area (Å²) in [6.07, 6.45) is 12.8. The molecule has 4 rings (SSSR count). The maximum Gasteiger partial charge on any atom is 0.255 e. The molecule has 1 aliphatic heterocycles. The smallest absolute Gasteiger partial charge is 0.255 e. The number of pyridine rings is 1. The first-order valence-corrected chi connectivity index (χ1v) is 9.62. The lowest BCUT2D eigenvalue weighted by Crippen LogP contribution is -2.46. The minimum absolute atomic E-state index is 0.0478. The standard InChI is InChI=1S/C19H27N5O/c25-19(17-9-5-11-24-14-21-22-18(17)24)20-12-15-6-4-10-23(13-15)16-7-2-1-3-8-16/h5,9,11,14-16H,1-4,6-8,10,12-13H2,(H,20,25)/t15-/m1/s1. The summed E-state index contributed by atoms with van der Waals surface area (Å²) < 4.78 is 1.78. The highest BCUT2D eigenvalue weighted by molar-refractivity contribution is 5.99. The number of carbonyl (C=O) groups is 1. The lowest BCUT2D eigenvalue weighted by molar-refractivity contribution is 0.0867. The molecule has 2 aliphatic rings. The Balaban J connectivity index is 1.34. The fraction of sp³-hybridized carbons (Fsp3) is 0.632. The fourth-order valence-corrected chi connectivity index (χ4v) is 4.40. The van der Waals surface area contributed by atoms with Crippen LogP contribution in [0.3, 0.4) is 0 Å². The minimum Gasteiger partial charge on any atom is -0.352 e. The molecule has 1 N–H and O–H groups in total. The van der Waals surface area contributed by atoms with Gasteiger partial charge in [-0.2, -0.15) is 0 Å². The van der Waals surface area contributed by atoms with E-state index in [0.29, 0.717) is 17.1 Å². The van der Waals surface area contributed by atoms with Gasteiger partial charge in [0.25, 0.3) is 5.91 Å². The molecule has 0 aromatic carbocycles. The van der Waals surface area contributed by atoms with Gasteiger partial charge in [0.15, 0.2) is 5.65 Å². The molecule has 0 unspecified atom stereocenters. The molecule has 134 valence electrons. The van der Waals surface area contributed by atoms with Crippen molar-refractivity contribution in [1.29, 1.82) is 0 Å². The van der Waals surface area contributed by atoms with E-state index in [0.717, 1.165) is 19.1 Å². The molecular weight excluding hydrogens is 314 g/mol. The van der Waals surface area contributed by atoms with Gasteiger partial charge in [-0.1, -0.05) is 19.3 Å². The van der Waals surface area contributed by atoms with Crippen molar-refractivity contribution in [2.24, 2.45) is 5.92 Å². The molecule has 2 aromatic heterocycles.